The minimum absolute atomic E-state index is 0.0215. The number of aliphatic hydroxyl groups is 1. The first-order valence-corrected chi connectivity index (χ1v) is 9.27. The van der Waals surface area contributed by atoms with Gasteiger partial charge in [-0.05, 0) is 34.4 Å². The summed E-state index contributed by atoms with van der Waals surface area (Å²) in [5.41, 5.74) is 7.17. The highest BCUT2D eigenvalue weighted by molar-refractivity contribution is 6.01. The first kappa shape index (κ1) is 16.7. The van der Waals surface area contributed by atoms with E-state index in [0.29, 0.717) is 0 Å². The molecule has 0 aliphatic heterocycles. The van der Waals surface area contributed by atoms with Crippen LogP contribution in [-0.4, -0.2) is 19.7 Å². The van der Waals surface area contributed by atoms with Gasteiger partial charge in [0.15, 0.2) is 5.65 Å². The standard InChI is InChI=1S/C24H19N3O/c1-16-6-8-17(9-7-16)19-12-25-24-23(13-26-27(24)14-19)22-11-10-18(15-28)20-4-2-3-5-21(20)22/h2-14,28H,15H2,1H3. The van der Waals surface area contributed by atoms with E-state index in [1.54, 1.807) is 0 Å². The van der Waals surface area contributed by atoms with Crippen LogP contribution in [0.1, 0.15) is 11.1 Å². The van der Waals surface area contributed by atoms with Gasteiger partial charge in [-0.25, -0.2) is 9.50 Å². The Morgan fingerprint density at radius 1 is 0.821 bits per heavy atom. The molecule has 2 aromatic heterocycles. The molecule has 5 aromatic rings. The van der Waals surface area contributed by atoms with Crippen LogP contribution in [-0.2, 0) is 6.61 Å². The van der Waals surface area contributed by atoms with E-state index in [1.807, 2.05) is 53.4 Å². The van der Waals surface area contributed by atoms with Gasteiger partial charge in [-0.3, -0.25) is 0 Å². The van der Waals surface area contributed by atoms with Crippen LogP contribution in [0.2, 0.25) is 0 Å². The molecule has 5 rings (SSSR count). The first-order valence-electron chi connectivity index (χ1n) is 9.27. The van der Waals surface area contributed by atoms with Gasteiger partial charge in [-0.15, -0.1) is 0 Å². The van der Waals surface area contributed by atoms with Crippen LogP contribution in [0, 0.1) is 6.92 Å². The van der Waals surface area contributed by atoms with Crippen LogP contribution < -0.4 is 0 Å². The summed E-state index contributed by atoms with van der Waals surface area (Å²) in [6.45, 7) is 2.10. The molecule has 0 unspecified atom stereocenters. The molecule has 0 saturated heterocycles. The molecule has 0 fully saturated rings. The number of hydrogen-bond donors (Lipinski definition) is 1. The summed E-state index contributed by atoms with van der Waals surface area (Å²) in [5.74, 6) is 0. The van der Waals surface area contributed by atoms with Crippen molar-refractivity contribution in [1.82, 2.24) is 14.6 Å². The number of aryl methyl sites for hydroxylation is 1. The lowest BCUT2D eigenvalue weighted by atomic mass is 9.96. The highest BCUT2D eigenvalue weighted by Gasteiger charge is 2.13. The van der Waals surface area contributed by atoms with Crippen molar-refractivity contribution in [1.29, 1.82) is 0 Å². The molecule has 0 bridgehead atoms. The smallest absolute Gasteiger partial charge is 0.162 e. The lowest BCUT2D eigenvalue weighted by molar-refractivity contribution is 0.283. The molecule has 4 heteroatoms. The maximum Gasteiger partial charge on any atom is 0.162 e. The van der Waals surface area contributed by atoms with Crippen LogP contribution in [0.4, 0.5) is 0 Å². The lowest BCUT2D eigenvalue weighted by Crippen LogP contribution is -1.93. The van der Waals surface area contributed by atoms with Gasteiger partial charge in [0.1, 0.15) is 0 Å². The zero-order valence-corrected chi connectivity index (χ0v) is 15.5. The first-order chi connectivity index (χ1) is 13.7. The molecular weight excluding hydrogens is 346 g/mol. The maximum absolute atomic E-state index is 9.66. The van der Waals surface area contributed by atoms with E-state index in [4.69, 9.17) is 4.98 Å². The monoisotopic (exact) mass is 365 g/mol. The Morgan fingerprint density at radius 2 is 1.61 bits per heavy atom. The van der Waals surface area contributed by atoms with Gasteiger partial charge >= 0.3 is 0 Å². The van der Waals surface area contributed by atoms with Crippen LogP contribution in [0.15, 0.2) is 79.3 Å². The number of fused-ring (bicyclic) bond motifs is 2. The molecule has 3 aromatic carbocycles. The zero-order valence-electron chi connectivity index (χ0n) is 15.5. The summed E-state index contributed by atoms with van der Waals surface area (Å²) >= 11 is 0. The van der Waals surface area contributed by atoms with Crippen molar-refractivity contribution in [2.45, 2.75) is 13.5 Å². The number of benzene rings is 3. The Hall–Kier alpha value is -3.50. The van der Waals surface area contributed by atoms with Gasteiger partial charge in [0.2, 0.25) is 0 Å². The minimum atomic E-state index is 0.0215. The summed E-state index contributed by atoms with van der Waals surface area (Å²) in [5, 5.41) is 16.4. The molecule has 4 nitrogen and oxygen atoms in total. The van der Waals surface area contributed by atoms with E-state index >= 15 is 0 Å². The number of rotatable bonds is 3. The van der Waals surface area contributed by atoms with Gasteiger partial charge in [0.25, 0.3) is 0 Å². The number of nitrogens with zero attached hydrogens (tertiary/aromatic N) is 3. The molecule has 0 aliphatic carbocycles. The molecule has 28 heavy (non-hydrogen) atoms. The van der Waals surface area contributed by atoms with Crippen molar-refractivity contribution in [3.8, 4) is 22.3 Å². The van der Waals surface area contributed by atoms with E-state index in [2.05, 4.69) is 42.4 Å². The molecule has 2 heterocycles. The fourth-order valence-corrected chi connectivity index (χ4v) is 3.69. The van der Waals surface area contributed by atoms with Crippen LogP contribution in [0.3, 0.4) is 0 Å². The second kappa shape index (κ2) is 6.59. The van der Waals surface area contributed by atoms with Crippen molar-refractivity contribution in [2.24, 2.45) is 0 Å². The van der Waals surface area contributed by atoms with Gasteiger partial charge in [-0.1, -0.05) is 66.2 Å². The topological polar surface area (TPSA) is 50.4 Å². The maximum atomic E-state index is 9.66. The molecule has 0 aliphatic rings. The van der Waals surface area contributed by atoms with E-state index in [0.717, 1.165) is 44.2 Å². The van der Waals surface area contributed by atoms with Crippen molar-refractivity contribution in [3.63, 3.8) is 0 Å². The van der Waals surface area contributed by atoms with E-state index in [1.165, 1.54) is 5.56 Å². The molecule has 0 amide bonds. The summed E-state index contributed by atoms with van der Waals surface area (Å²) < 4.78 is 1.83. The Balaban J connectivity index is 1.67. The molecule has 0 radical (unpaired) electrons. The zero-order chi connectivity index (χ0) is 19.1. The van der Waals surface area contributed by atoms with E-state index in [9.17, 15) is 5.11 Å². The predicted octanol–water partition coefficient (Wildman–Crippen LogP) is 5.02. The fraction of sp³-hybridized carbons (Fsp3) is 0.0833. The van der Waals surface area contributed by atoms with Gasteiger partial charge < -0.3 is 5.11 Å². The largest absolute Gasteiger partial charge is 0.392 e. The SMILES string of the molecule is Cc1ccc(-c2cnc3c(-c4ccc(CO)c5ccccc45)cnn3c2)cc1. The lowest BCUT2D eigenvalue weighted by Gasteiger charge is -2.09. The Kier molecular flexibility index (Phi) is 3.92. The van der Waals surface area contributed by atoms with Crippen LogP contribution in [0.5, 0.6) is 0 Å². The van der Waals surface area contributed by atoms with Crippen molar-refractivity contribution >= 4 is 16.4 Å². The minimum Gasteiger partial charge on any atom is -0.392 e. The highest BCUT2D eigenvalue weighted by Crippen LogP contribution is 2.33. The number of aliphatic hydroxyl groups excluding tert-OH is 1. The molecule has 1 N–H and O–H groups in total. The molecule has 0 spiro atoms. The van der Waals surface area contributed by atoms with Gasteiger partial charge in [0, 0.05) is 23.5 Å². The summed E-state index contributed by atoms with van der Waals surface area (Å²) in [6, 6.07) is 20.5. The third-order valence-corrected chi connectivity index (χ3v) is 5.22. The van der Waals surface area contributed by atoms with Crippen LogP contribution >= 0.6 is 0 Å². The summed E-state index contributed by atoms with van der Waals surface area (Å²) in [4.78, 5) is 4.72. The Labute approximate surface area is 162 Å². The van der Waals surface area contributed by atoms with Crippen LogP contribution in [0.25, 0.3) is 38.7 Å². The van der Waals surface area contributed by atoms with Crippen molar-refractivity contribution in [2.75, 3.05) is 0 Å². The molecule has 0 atom stereocenters. The summed E-state index contributed by atoms with van der Waals surface area (Å²) in [6.07, 6.45) is 5.78. The van der Waals surface area contributed by atoms with Gasteiger partial charge in [0.05, 0.1) is 12.8 Å². The average Bonchev–Trinajstić information content (AvgIpc) is 3.16. The van der Waals surface area contributed by atoms with Crippen molar-refractivity contribution in [3.05, 3.63) is 90.4 Å². The van der Waals surface area contributed by atoms with Crippen molar-refractivity contribution < 1.29 is 5.11 Å². The third-order valence-electron chi connectivity index (χ3n) is 5.22. The fourth-order valence-electron chi connectivity index (χ4n) is 3.69. The quantitative estimate of drug-likeness (QED) is 0.488. The number of aromatic nitrogens is 3. The average molecular weight is 365 g/mol. The molecule has 0 saturated carbocycles. The van der Waals surface area contributed by atoms with Gasteiger partial charge in [-0.2, -0.15) is 5.10 Å². The summed E-state index contributed by atoms with van der Waals surface area (Å²) in [7, 11) is 0. The Bertz CT molecular complexity index is 1300. The van der Waals surface area contributed by atoms with E-state index in [-0.39, 0.29) is 6.61 Å². The number of hydrogen-bond acceptors (Lipinski definition) is 3. The normalized spacial score (nSPS) is 11.4. The molecule has 136 valence electrons. The second-order valence-corrected chi connectivity index (χ2v) is 7.01. The predicted molar refractivity (Wildman–Crippen MR) is 112 cm³/mol. The highest BCUT2D eigenvalue weighted by atomic mass is 16.3. The molecular formula is C24H19N3O. The second-order valence-electron chi connectivity index (χ2n) is 7.01. The van der Waals surface area contributed by atoms with E-state index < -0.39 is 0 Å². The third kappa shape index (κ3) is 2.66. The Morgan fingerprint density at radius 3 is 2.39 bits per heavy atom.